The number of likely N-dealkylation sites (tertiary alicyclic amines) is 1. The molecule has 4 amide bonds. The summed E-state index contributed by atoms with van der Waals surface area (Å²) in [4.78, 5) is 63.4. The minimum Gasteiger partial charge on any atom is -0.508 e. The number of nitrogens with zero attached hydrogens (tertiary/aromatic N) is 1. The number of aromatic hydroxyl groups is 1. The lowest BCUT2D eigenvalue weighted by atomic mass is 9.96. The zero-order chi connectivity index (χ0) is 27.7. The molecule has 0 spiro atoms. The molecule has 2 rings (SSSR count). The van der Waals surface area contributed by atoms with Crippen molar-refractivity contribution in [3.63, 3.8) is 0 Å². The van der Waals surface area contributed by atoms with E-state index < -0.39 is 53.8 Å². The first-order chi connectivity index (χ1) is 17.4. The average Bonchev–Trinajstić information content (AvgIpc) is 3.35. The van der Waals surface area contributed by atoms with Gasteiger partial charge in [-0.05, 0) is 42.9 Å². The third-order valence-corrected chi connectivity index (χ3v) is 6.64. The van der Waals surface area contributed by atoms with Crippen LogP contribution in [-0.2, 0) is 30.4 Å². The second kappa shape index (κ2) is 13.6. The Morgan fingerprint density at radius 1 is 1.14 bits per heavy atom. The van der Waals surface area contributed by atoms with Gasteiger partial charge in [0.15, 0.2) is 0 Å². The summed E-state index contributed by atoms with van der Waals surface area (Å²) in [6.45, 7) is 3.91. The molecule has 0 aromatic heterocycles. The number of carboxylic acids is 1. The molecule has 1 fully saturated rings. The number of carboxylic acid groups (broad SMARTS) is 1. The molecule has 1 aromatic rings. The maximum atomic E-state index is 13.2. The van der Waals surface area contributed by atoms with E-state index in [1.165, 1.54) is 17.0 Å². The maximum Gasteiger partial charge on any atom is 0.326 e. The van der Waals surface area contributed by atoms with Crippen LogP contribution in [0.1, 0.15) is 51.5 Å². The number of nitrogens with two attached hydrogens (primary N) is 2. The number of hydrogen-bond acceptors (Lipinski definition) is 7. The van der Waals surface area contributed by atoms with Crippen molar-refractivity contribution >= 4 is 29.6 Å². The molecule has 204 valence electrons. The van der Waals surface area contributed by atoms with Crippen LogP contribution >= 0.6 is 0 Å². The summed E-state index contributed by atoms with van der Waals surface area (Å²) in [6.07, 6.45) is 1.47. The molecule has 37 heavy (non-hydrogen) atoms. The van der Waals surface area contributed by atoms with Crippen molar-refractivity contribution in [2.45, 2.75) is 76.5 Å². The van der Waals surface area contributed by atoms with E-state index in [-0.39, 0.29) is 30.9 Å². The first-order valence-corrected chi connectivity index (χ1v) is 12.4. The molecule has 12 nitrogen and oxygen atoms in total. The first-order valence-electron chi connectivity index (χ1n) is 12.4. The van der Waals surface area contributed by atoms with Gasteiger partial charge in [-0.3, -0.25) is 19.2 Å². The zero-order valence-electron chi connectivity index (χ0n) is 21.2. The lowest BCUT2D eigenvalue weighted by Gasteiger charge is -2.30. The molecule has 1 aliphatic rings. The van der Waals surface area contributed by atoms with E-state index in [1.54, 1.807) is 19.1 Å². The molecule has 1 heterocycles. The minimum absolute atomic E-state index is 0.0172. The fourth-order valence-electron chi connectivity index (χ4n) is 4.22. The molecule has 0 saturated carbocycles. The smallest absolute Gasteiger partial charge is 0.326 e. The Labute approximate surface area is 215 Å². The van der Waals surface area contributed by atoms with E-state index in [4.69, 9.17) is 11.5 Å². The Morgan fingerprint density at radius 3 is 2.35 bits per heavy atom. The SMILES string of the molecule is CCC(C)C(NC(=O)C1CCCN1C(=O)C(N)CCC(N)=O)C(=O)NC(Cc1ccc(O)cc1)C(=O)O. The Hall–Kier alpha value is -3.67. The van der Waals surface area contributed by atoms with E-state index >= 15 is 0 Å². The fraction of sp³-hybridized carbons (Fsp3) is 0.560. The molecule has 0 aliphatic carbocycles. The van der Waals surface area contributed by atoms with Crippen LogP contribution < -0.4 is 22.1 Å². The summed E-state index contributed by atoms with van der Waals surface area (Å²) in [7, 11) is 0. The van der Waals surface area contributed by atoms with Gasteiger partial charge in [-0.15, -0.1) is 0 Å². The summed E-state index contributed by atoms with van der Waals surface area (Å²) in [5.41, 5.74) is 11.6. The molecule has 0 radical (unpaired) electrons. The minimum atomic E-state index is -1.26. The van der Waals surface area contributed by atoms with Crippen molar-refractivity contribution in [3.05, 3.63) is 29.8 Å². The molecular weight excluding hydrogens is 482 g/mol. The highest BCUT2D eigenvalue weighted by molar-refractivity contribution is 5.94. The van der Waals surface area contributed by atoms with Gasteiger partial charge in [-0.25, -0.2) is 4.79 Å². The third-order valence-electron chi connectivity index (χ3n) is 6.64. The number of benzene rings is 1. The van der Waals surface area contributed by atoms with Crippen molar-refractivity contribution in [2.75, 3.05) is 6.54 Å². The number of nitrogens with one attached hydrogen (secondary N) is 2. The molecular formula is C25H37N5O7. The van der Waals surface area contributed by atoms with Crippen molar-refractivity contribution in [3.8, 4) is 5.75 Å². The number of phenolic OH excluding ortho intramolecular Hbond substituents is 1. The lowest BCUT2D eigenvalue weighted by Crippen LogP contribution is -2.58. The average molecular weight is 520 g/mol. The molecule has 8 N–H and O–H groups in total. The molecule has 0 bridgehead atoms. The quantitative estimate of drug-likeness (QED) is 0.202. The summed E-state index contributed by atoms with van der Waals surface area (Å²) in [6, 6.07) is 1.87. The van der Waals surface area contributed by atoms with E-state index in [0.717, 1.165) is 0 Å². The number of rotatable bonds is 13. The van der Waals surface area contributed by atoms with Gasteiger partial charge in [0.2, 0.25) is 23.6 Å². The van der Waals surface area contributed by atoms with Gasteiger partial charge in [0.05, 0.1) is 6.04 Å². The Morgan fingerprint density at radius 2 is 1.78 bits per heavy atom. The van der Waals surface area contributed by atoms with Crippen molar-refractivity contribution in [1.29, 1.82) is 0 Å². The second-order valence-electron chi connectivity index (χ2n) is 9.44. The monoisotopic (exact) mass is 519 g/mol. The normalized spacial score (nSPS) is 18.4. The predicted octanol–water partition coefficient (Wildman–Crippen LogP) is -0.381. The number of aliphatic carboxylic acids is 1. The zero-order valence-corrected chi connectivity index (χ0v) is 21.2. The highest BCUT2D eigenvalue weighted by Crippen LogP contribution is 2.20. The lowest BCUT2D eigenvalue weighted by molar-refractivity contribution is -0.143. The number of carbonyl (C=O) groups excluding carboxylic acids is 4. The van der Waals surface area contributed by atoms with Gasteiger partial charge in [-0.1, -0.05) is 32.4 Å². The highest BCUT2D eigenvalue weighted by Gasteiger charge is 2.38. The summed E-state index contributed by atoms with van der Waals surface area (Å²) < 4.78 is 0. The Balaban J connectivity index is 2.11. The highest BCUT2D eigenvalue weighted by atomic mass is 16.4. The van der Waals surface area contributed by atoms with Gasteiger partial charge in [-0.2, -0.15) is 0 Å². The predicted molar refractivity (Wildman–Crippen MR) is 134 cm³/mol. The van der Waals surface area contributed by atoms with Gasteiger partial charge in [0.25, 0.3) is 0 Å². The van der Waals surface area contributed by atoms with Gasteiger partial charge < -0.3 is 37.2 Å². The number of primary amides is 1. The van der Waals surface area contributed by atoms with Crippen LogP contribution in [0.15, 0.2) is 24.3 Å². The first kappa shape index (κ1) is 29.6. The second-order valence-corrected chi connectivity index (χ2v) is 9.44. The van der Waals surface area contributed by atoms with Gasteiger partial charge in [0, 0.05) is 19.4 Å². The standard InChI is InChI=1S/C25H37N5O7/c1-3-14(2)21(23(34)28-18(25(36)37)13-15-6-8-16(31)9-7-15)29-22(33)19-5-4-12-30(19)24(35)17(26)10-11-20(27)32/h6-9,14,17-19,21,31H,3-5,10-13,26H2,1-2H3,(H2,27,32)(H,28,34)(H,29,33)(H,36,37). The Kier molecular flexibility index (Phi) is 10.9. The van der Waals surface area contributed by atoms with Crippen molar-refractivity contribution in [1.82, 2.24) is 15.5 Å². The largest absolute Gasteiger partial charge is 0.508 e. The fourth-order valence-corrected chi connectivity index (χ4v) is 4.22. The molecule has 5 atom stereocenters. The number of hydrogen-bond donors (Lipinski definition) is 6. The van der Waals surface area contributed by atoms with E-state index in [1.807, 2.05) is 6.92 Å². The Bertz CT molecular complexity index is 984. The van der Waals surface area contributed by atoms with Crippen LogP contribution in [0.4, 0.5) is 0 Å². The van der Waals surface area contributed by atoms with Crippen molar-refractivity contribution in [2.24, 2.45) is 17.4 Å². The van der Waals surface area contributed by atoms with Gasteiger partial charge >= 0.3 is 5.97 Å². The molecule has 1 aliphatic heterocycles. The van der Waals surface area contributed by atoms with E-state index in [0.29, 0.717) is 31.4 Å². The van der Waals surface area contributed by atoms with E-state index in [2.05, 4.69) is 10.6 Å². The third kappa shape index (κ3) is 8.45. The van der Waals surface area contributed by atoms with Crippen molar-refractivity contribution < 1.29 is 34.2 Å². The number of carbonyl (C=O) groups is 5. The molecule has 1 saturated heterocycles. The van der Waals surface area contributed by atoms with E-state index in [9.17, 15) is 34.2 Å². The van der Waals surface area contributed by atoms with Gasteiger partial charge in [0.1, 0.15) is 23.9 Å². The molecule has 1 aromatic carbocycles. The van der Waals surface area contributed by atoms with Crippen LogP contribution in [0.2, 0.25) is 0 Å². The van der Waals surface area contributed by atoms with Crippen LogP contribution in [0, 0.1) is 5.92 Å². The topological polar surface area (TPSA) is 205 Å². The summed E-state index contributed by atoms with van der Waals surface area (Å²) in [5, 5.41) is 24.3. The summed E-state index contributed by atoms with van der Waals surface area (Å²) >= 11 is 0. The molecule has 12 heteroatoms. The maximum absolute atomic E-state index is 13.2. The summed E-state index contributed by atoms with van der Waals surface area (Å²) in [5.74, 6) is -3.76. The number of amides is 4. The van der Waals surface area contributed by atoms with Crippen LogP contribution in [-0.4, -0.2) is 75.4 Å². The van der Waals surface area contributed by atoms with Crippen LogP contribution in [0.3, 0.4) is 0 Å². The molecule has 5 unspecified atom stereocenters. The van der Waals surface area contributed by atoms with Crippen LogP contribution in [0.5, 0.6) is 5.75 Å². The van der Waals surface area contributed by atoms with Crippen LogP contribution in [0.25, 0.3) is 0 Å². The number of phenols is 1.